The molecule has 0 aliphatic heterocycles. The van der Waals surface area contributed by atoms with E-state index in [4.69, 9.17) is 4.74 Å². The molecule has 0 saturated heterocycles. The van der Waals surface area contributed by atoms with Crippen LogP contribution < -0.4 is 15.4 Å². The normalized spacial score (nSPS) is 17.1. The summed E-state index contributed by atoms with van der Waals surface area (Å²) in [4.78, 5) is 0. The molecule has 0 heterocycles. The van der Waals surface area contributed by atoms with Crippen LogP contribution in [0.1, 0.15) is 47.9 Å². The fraction of sp³-hybridized carbons (Fsp3) is 0.357. The third-order valence-electron chi connectivity index (χ3n) is 6.74. The van der Waals surface area contributed by atoms with Crippen molar-refractivity contribution in [2.24, 2.45) is 0 Å². The van der Waals surface area contributed by atoms with Crippen LogP contribution in [0.2, 0.25) is 0 Å². The van der Waals surface area contributed by atoms with Gasteiger partial charge in [0.25, 0.3) is 0 Å². The second kappa shape index (κ2) is 11.0. The minimum atomic E-state index is -4.74. The molecule has 1 aliphatic rings. The second-order valence-electron chi connectivity index (χ2n) is 9.22. The lowest BCUT2D eigenvalue weighted by molar-refractivity contribution is -0.137. The number of alkyl halides is 3. The molecule has 0 amide bonds. The Labute approximate surface area is 208 Å². The van der Waals surface area contributed by atoms with Crippen LogP contribution in [-0.4, -0.2) is 24.6 Å². The zero-order chi connectivity index (χ0) is 25.8. The lowest BCUT2D eigenvalue weighted by Crippen LogP contribution is -2.57. The van der Waals surface area contributed by atoms with Crippen LogP contribution in [-0.2, 0) is 18.1 Å². The Kier molecular flexibility index (Phi) is 7.97. The van der Waals surface area contributed by atoms with E-state index in [0.29, 0.717) is 17.4 Å². The Morgan fingerprint density at radius 1 is 0.917 bits per heavy atom. The first kappa shape index (κ1) is 26.1. The fourth-order valence-electron chi connectivity index (χ4n) is 4.96. The molecule has 0 aromatic heterocycles. The Bertz CT molecular complexity index is 1130. The first-order valence-corrected chi connectivity index (χ1v) is 12.0. The monoisotopic (exact) mass is 502 g/mol. The summed E-state index contributed by atoms with van der Waals surface area (Å²) in [5.74, 6) is -0.446. The van der Waals surface area contributed by atoms with Gasteiger partial charge in [-0.25, -0.2) is 4.39 Å². The third-order valence-corrected chi connectivity index (χ3v) is 6.74. The molecular weight excluding hydrogens is 472 g/mol. The van der Waals surface area contributed by atoms with Gasteiger partial charge in [-0.3, -0.25) is 10.6 Å². The van der Waals surface area contributed by atoms with Crippen molar-refractivity contribution in [1.82, 2.24) is 10.6 Å². The van der Waals surface area contributed by atoms with E-state index in [1.165, 1.54) is 7.11 Å². The summed E-state index contributed by atoms with van der Waals surface area (Å²) < 4.78 is 61.2. The maximum atomic E-state index is 14.7. The number of benzene rings is 3. The molecule has 0 radical (unpaired) electrons. The van der Waals surface area contributed by atoms with Crippen LogP contribution in [0.25, 0.3) is 0 Å². The fourth-order valence-corrected chi connectivity index (χ4v) is 4.96. The average molecular weight is 503 g/mol. The molecule has 0 spiro atoms. The van der Waals surface area contributed by atoms with E-state index in [1.807, 2.05) is 30.3 Å². The predicted octanol–water partition coefficient (Wildman–Crippen LogP) is 5.74. The van der Waals surface area contributed by atoms with Gasteiger partial charge in [0, 0.05) is 6.04 Å². The molecule has 1 fully saturated rings. The number of halogens is 4. The summed E-state index contributed by atoms with van der Waals surface area (Å²) in [5, 5.41) is 17.4. The van der Waals surface area contributed by atoms with Crippen LogP contribution >= 0.6 is 0 Å². The Morgan fingerprint density at radius 3 is 2.17 bits per heavy atom. The average Bonchev–Trinajstić information content (AvgIpc) is 3.36. The molecule has 2 unspecified atom stereocenters. The zero-order valence-corrected chi connectivity index (χ0v) is 20.0. The second-order valence-corrected chi connectivity index (χ2v) is 9.22. The maximum absolute atomic E-state index is 14.7. The van der Waals surface area contributed by atoms with Crippen molar-refractivity contribution in [3.05, 3.63) is 101 Å². The van der Waals surface area contributed by atoms with Gasteiger partial charge >= 0.3 is 6.18 Å². The van der Waals surface area contributed by atoms with E-state index in [-0.39, 0.29) is 18.0 Å². The first-order valence-electron chi connectivity index (χ1n) is 12.0. The van der Waals surface area contributed by atoms with Crippen molar-refractivity contribution >= 4 is 0 Å². The number of hydrogen-bond acceptors (Lipinski definition) is 4. The molecule has 0 bridgehead atoms. The van der Waals surface area contributed by atoms with E-state index in [9.17, 15) is 22.7 Å². The summed E-state index contributed by atoms with van der Waals surface area (Å²) in [5.41, 5.74) is -1.09. The van der Waals surface area contributed by atoms with Gasteiger partial charge in [0.2, 0.25) is 0 Å². The first-order chi connectivity index (χ1) is 17.2. The van der Waals surface area contributed by atoms with Crippen LogP contribution in [0.3, 0.4) is 0 Å². The molecule has 192 valence electrons. The van der Waals surface area contributed by atoms with Crippen molar-refractivity contribution in [3.63, 3.8) is 0 Å². The van der Waals surface area contributed by atoms with Gasteiger partial charge in [-0.15, -0.1) is 0 Å². The van der Waals surface area contributed by atoms with Gasteiger partial charge in [-0.1, -0.05) is 55.3 Å². The number of aliphatic hydroxyl groups is 1. The standard InChI is InChI=1S/C28H30F4N2O2/c1-36-25-13-11-20(12-14-25)27(18-19-7-3-2-4-8-19,34-26(35)33-24-9-5-6-10-24)21-15-22(28(30,31)32)17-23(29)16-21/h2-4,7-8,11-17,24,26,33-35H,5-6,9-10,18H2,1H3. The highest BCUT2D eigenvalue weighted by Crippen LogP contribution is 2.39. The predicted molar refractivity (Wildman–Crippen MR) is 130 cm³/mol. The molecular formula is C28H30F4N2O2. The highest BCUT2D eigenvalue weighted by Gasteiger charge is 2.40. The summed E-state index contributed by atoms with van der Waals surface area (Å²) >= 11 is 0. The van der Waals surface area contributed by atoms with Crippen LogP contribution in [0.5, 0.6) is 5.75 Å². The van der Waals surface area contributed by atoms with Crippen LogP contribution in [0.4, 0.5) is 17.6 Å². The Morgan fingerprint density at radius 2 is 1.56 bits per heavy atom. The SMILES string of the molecule is COc1ccc(C(Cc2ccccc2)(NC(O)NC2CCCC2)c2cc(F)cc(C(F)(F)F)c2)cc1. The van der Waals surface area contributed by atoms with Crippen molar-refractivity contribution in [1.29, 1.82) is 0 Å². The lowest BCUT2D eigenvalue weighted by atomic mass is 9.77. The quantitative estimate of drug-likeness (QED) is 0.258. The van der Waals surface area contributed by atoms with Crippen molar-refractivity contribution in [2.45, 2.75) is 56.2 Å². The molecule has 3 N–H and O–H groups in total. The molecule has 3 aromatic carbocycles. The molecule has 1 saturated carbocycles. The van der Waals surface area contributed by atoms with E-state index in [1.54, 1.807) is 24.3 Å². The van der Waals surface area contributed by atoms with Crippen molar-refractivity contribution < 1.29 is 27.4 Å². The van der Waals surface area contributed by atoms with Gasteiger partial charge in [-0.05, 0) is 66.3 Å². The van der Waals surface area contributed by atoms with Crippen LogP contribution in [0.15, 0.2) is 72.8 Å². The minimum absolute atomic E-state index is 0.0520. The number of aliphatic hydroxyl groups excluding tert-OH is 1. The lowest BCUT2D eigenvalue weighted by Gasteiger charge is -2.39. The van der Waals surface area contributed by atoms with Crippen molar-refractivity contribution in [2.75, 3.05) is 7.11 Å². The Balaban J connectivity index is 1.88. The molecule has 1 aliphatic carbocycles. The number of hydrogen-bond donors (Lipinski definition) is 3. The van der Waals surface area contributed by atoms with Crippen molar-refractivity contribution in [3.8, 4) is 5.75 Å². The number of ether oxygens (including phenoxy) is 1. The Hall–Kier alpha value is -2.94. The largest absolute Gasteiger partial charge is 0.497 e. The molecule has 2 atom stereocenters. The highest BCUT2D eigenvalue weighted by atomic mass is 19.4. The minimum Gasteiger partial charge on any atom is -0.497 e. The number of methoxy groups -OCH3 is 1. The molecule has 4 rings (SSSR count). The smallest absolute Gasteiger partial charge is 0.416 e. The number of rotatable bonds is 9. The summed E-state index contributed by atoms with van der Waals surface area (Å²) in [6.45, 7) is 0. The molecule has 36 heavy (non-hydrogen) atoms. The molecule has 4 nitrogen and oxygen atoms in total. The highest BCUT2D eigenvalue weighted by molar-refractivity contribution is 5.45. The van der Waals surface area contributed by atoms with E-state index >= 15 is 0 Å². The molecule has 8 heteroatoms. The maximum Gasteiger partial charge on any atom is 0.416 e. The number of nitrogens with one attached hydrogen (secondary N) is 2. The molecule has 3 aromatic rings. The summed E-state index contributed by atoms with van der Waals surface area (Å²) in [6, 6.07) is 18.6. The summed E-state index contributed by atoms with van der Waals surface area (Å²) in [7, 11) is 1.52. The van der Waals surface area contributed by atoms with Gasteiger partial charge < -0.3 is 9.84 Å². The van der Waals surface area contributed by atoms with E-state index in [2.05, 4.69) is 10.6 Å². The van der Waals surface area contributed by atoms with E-state index in [0.717, 1.165) is 43.4 Å². The van der Waals surface area contributed by atoms with Gasteiger partial charge in [0.05, 0.1) is 18.2 Å². The topological polar surface area (TPSA) is 53.5 Å². The van der Waals surface area contributed by atoms with Crippen LogP contribution in [0, 0.1) is 5.82 Å². The van der Waals surface area contributed by atoms with Gasteiger partial charge in [-0.2, -0.15) is 13.2 Å². The van der Waals surface area contributed by atoms with Gasteiger partial charge in [0.1, 0.15) is 11.6 Å². The van der Waals surface area contributed by atoms with E-state index < -0.39 is 29.4 Å². The zero-order valence-electron chi connectivity index (χ0n) is 20.0. The third kappa shape index (κ3) is 6.06. The van der Waals surface area contributed by atoms with Gasteiger partial charge in [0.15, 0.2) is 6.35 Å². The summed E-state index contributed by atoms with van der Waals surface area (Å²) in [6.07, 6.45) is -1.97.